The quantitative estimate of drug-likeness (QED) is 0.756. The highest BCUT2D eigenvalue weighted by Gasteiger charge is 2.26. The highest BCUT2D eigenvalue weighted by atomic mass is 35.5. The number of hydrogen-bond donors (Lipinski definition) is 0. The van der Waals surface area contributed by atoms with Gasteiger partial charge in [-0.05, 0) is 38.1 Å². The summed E-state index contributed by atoms with van der Waals surface area (Å²) in [4.78, 5) is 4.70. The Kier molecular flexibility index (Phi) is 6.19. The Morgan fingerprint density at radius 1 is 1.39 bits per heavy atom. The third-order valence-electron chi connectivity index (χ3n) is 4.63. The molecule has 5 heteroatoms. The van der Waals surface area contributed by atoms with Gasteiger partial charge in [0.2, 0.25) is 0 Å². The smallest absolute Gasteiger partial charge is 0.150 e. The van der Waals surface area contributed by atoms with Crippen LogP contribution in [0.25, 0.3) is 5.70 Å². The SMILES string of the molecule is C=C(c1c(OC)ccc(Cl)c1OC)N(C)CC1CCCN1CC. The summed E-state index contributed by atoms with van der Waals surface area (Å²) in [5.41, 5.74) is 1.69. The molecule has 0 radical (unpaired) electrons. The molecule has 2 rings (SSSR count). The molecule has 1 unspecified atom stereocenters. The van der Waals surface area contributed by atoms with E-state index in [1.807, 2.05) is 6.07 Å². The first-order valence-electron chi connectivity index (χ1n) is 8.08. The van der Waals surface area contributed by atoms with E-state index in [0.29, 0.717) is 16.8 Å². The van der Waals surface area contributed by atoms with Crippen LogP contribution in [0.1, 0.15) is 25.3 Å². The number of ether oxygens (including phenoxy) is 2. The zero-order chi connectivity index (χ0) is 17.0. The number of methoxy groups -OCH3 is 2. The highest BCUT2D eigenvalue weighted by Crippen LogP contribution is 2.40. The van der Waals surface area contributed by atoms with Crippen LogP contribution in [0.4, 0.5) is 0 Å². The summed E-state index contributed by atoms with van der Waals surface area (Å²) in [5.74, 6) is 1.34. The molecular weight excluding hydrogens is 312 g/mol. The molecule has 0 aromatic heterocycles. The van der Waals surface area contributed by atoms with Crippen LogP contribution in [0.15, 0.2) is 18.7 Å². The Labute approximate surface area is 144 Å². The molecule has 1 aliphatic heterocycles. The zero-order valence-corrected chi connectivity index (χ0v) is 15.3. The predicted octanol–water partition coefficient (Wildman–Crippen LogP) is 3.74. The van der Waals surface area contributed by atoms with Crippen molar-refractivity contribution in [3.05, 3.63) is 29.3 Å². The van der Waals surface area contributed by atoms with Crippen LogP contribution in [0, 0.1) is 0 Å². The Balaban J connectivity index is 2.24. The van der Waals surface area contributed by atoms with Crippen molar-refractivity contribution in [3.63, 3.8) is 0 Å². The van der Waals surface area contributed by atoms with Gasteiger partial charge in [-0.2, -0.15) is 0 Å². The van der Waals surface area contributed by atoms with Crippen LogP contribution in [0.5, 0.6) is 11.5 Å². The first kappa shape index (κ1) is 18.0. The number of benzene rings is 1. The van der Waals surface area contributed by atoms with Gasteiger partial charge in [0.15, 0.2) is 0 Å². The number of nitrogens with zero attached hydrogens (tertiary/aromatic N) is 2. The molecule has 4 nitrogen and oxygen atoms in total. The van der Waals surface area contributed by atoms with E-state index in [2.05, 4.69) is 30.4 Å². The molecule has 0 bridgehead atoms. The number of rotatable bonds is 7. The Morgan fingerprint density at radius 2 is 2.13 bits per heavy atom. The van der Waals surface area contributed by atoms with Gasteiger partial charge in [0, 0.05) is 25.3 Å². The molecule has 0 amide bonds. The van der Waals surface area contributed by atoms with Crippen LogP contribution in [0.3, 0.4) is 0 Å². The number of likely N-dealkylation sites (tertiary alicyclic amines) is 1. The molecule has 0 saturated carbocycles. The van der Waals surface area contributed by atoms with E-state index < -0.39 is 0 Å². The van der Waals surface area contributed by atoms with Crippen LogP contribution in [-0.2, 0) is 0 Å². The maximum Gasteiger partial charge on any atom is 0.150 e. The summed E-state index contributed by atoms with van der Waals surface area (Å²) in [5, 5.41) is 0.564. The minimum absolute atomic E-state index is 0.564. The van der Waals surface area contributed by atoms with Crippen molar-refractivity contribution in [2.45, 2.75) is 25.8 Å². The lowest BCUT2D eigenvalue weighted by Crippen LogP contribution is -2.38. The number of halogens is 1. The van der Waals surface area contributed by atoms with E-state index in [-0.39, 0.29) is 0 Å². The van der Waals surface area contributed by atoms with E-state index in [1.165, 1.54) is 19.4 Å². The third-order valence-corrected chi connectivity index (χ3v) is 4.93. The summed E-state index contributed by atoms with van der Waals surface area (Å²) in [6.07, 6.45) is 2.50. The lowest BCUT2D eigenvalue weighted by atomic mass is 10.1. The van der Waals surface area contributed by atoms with Crippen molar-refractivity contribution in [1.82, 2.24) is 9.80 Å². The summed E-state index contributed by atoms with van der Waals surface area (Å²) in [7, 11) is 5.33. The van der Waals surface area contributed by atoms with Gasteiger partial charge in [-0.15, -0.1) is 0 Å². The first-order valence-corrected chi connectivity index (χ1v) is 8.46. The van der Waals surface area contributed by atoms with Crippen LogP contribution in [-0.4, -0.2) is 56.7 Å². The van der Waals surface area contributed by atoms with Crippen molar-refractivity contribution in [2.75, 3.05) is 40.9 Å². The van der Waals surface area contributed by atoms with Gasteiger partial charge in [-0.25, -0.2) is 0 Å². The highest BCUT2D eigenvalue weighted by molar-refractivity contribution is 6.32. The van der Waals surface area contributed by atoms with Crippen molar-refractivity contribution >= 4 is 17.3 Å². The monoisotopic (exact) mass is 338 g/mol. The van der Waals surface area contributed by atoms with Crippen LogP contribution < -0.4 is 9.47 Å². The normalized spacial score (nSPS) is 18.0. The van der Waals surface area contributed by atoms with Gasteiger partial charge >= 0.3 is 0 Å². The van der Waals surface area contributed by atoms with Crippen molar-refractivity contribution < 1.29 is 9.47 Å². The van der Waals surface area contributed by atoms with Crippen molar-refractivity contribution in [1.29, 1.82) is 0 Å². The Bertz CT molecular complexity index is 562. The van der Waals surface area contributed by atoms with Crippen LogP contribution in [0.2, 0.25) is 5.02 Å². The summed E-state index contributed by atoms with van der Waals surface area (Å²) in [6, 6.07) is 4.21. The van der Waals surface area contributed by atoms with Crippen molar-refractivity contribution in [2.24, 2.45) is 0 Å². The molecule has 0 N–H and O–H groups in total. The lowest BCUT2D eigenvalue weighted by molar-refractivity contribution is 0.230. The van der Waals surface area contributed by atoms with Gasteiger partial charge in [0.05, 0.1) is 24.8 Å². The van der Waals surface area contributed by atoms with Gasteiger partial charge < -0.3 is 14.4 Å². The lowest BCUT2D eigenvalue weighted by Gasteiger charge is -2.31. The van der Waals surface area contributed by atoms with Gasteiger partial charge in [-0.1, -0.05) is 25.1 Å². The minimum Gasteiger partial charge on any atom is -0.496 e. The van der Waals surface area contributed by atoms with E-state index in [1.54, 1.807) is 20.3 Å². The fourth-order valence-corrected chi connectivity index (χ4v) is 3.55. The summed E-state index contributed by atoms with van der Waals surface area (Å²) in [6.45, 7) is 9.70. The second-order valence-electron chi connectivity index (χ2n) is 5.91. The zero-order valence-electron chi connectivity index (χ0n) is 14.6. The van der Waals surface area contributed by atoms with E-state index >= 15 is 0 Å². The molecule has 1 atom stereocenters. The van der Waals surface area contributed by atoms with E-state index in [0.717, 1.165) is 30.1 Å². The molecule has 1 aliphatic rings. The molecule has 0 aliphatic carbocycles. The molecule has 1 fully saturated rings. The maximum atomic E-state index is 6.27. The molecule has 1 heterocycles. The fraction of sp³-hybridized carbons (Fsp3) is 0.556. The van der Waals surface area contributed by atoms with E-state index in [4.69, 9.17) is 21.1 Å². The average Bonchev–Trinajstić information content (AvgIpc) is 3.00. The van der Waals surface area contributed by atoms with Gasteiger partial charge in [-0.3, -0.25) is 4.90 Å². The summed E-state index contributed by atoms with van der Waals surface area (Å²) < 4.78 is 11.0. The maximum absolute atomic E-state index is 6.27. The molecule has 128 valence electrons. The summed E-state index contributed by atoms with van der Waals surface area (Å²) >= 11 is 6.27. The Morgan fingerprint density at radius 3 is 2.74 bits per heavy atom. The van der Waals surface area contributed by atoms with Gasteiger partial charge in [0.25, 0.3) is 0 Å². The van der Waals surface area contributed by atoms with Gasteiger partial charge in [0.1, 0.15) is 11.5 Å². The standard InChI is InChI=1S/C18H27ClN2O2/c1-6-21-11-7-8-14(21)12-20(3)13(2)17-16(22-4)10-9-15(19)18(17)23-5/h9-10,14H,2,6-8,11-12H2,1,3-5H3. The molecule has 1 aromatic rings. The molecule has 1 saturated heterocycles. The largest absolute Gasteiger partial charge is 0.496 e. The number of hydrogen-bond acceptors (Lipinski definition) is 4. The second-order valence-corrected chi connectivity index (χ2v) is 6.32. The van der Waals surface area contributed by atoms with E-state index in [9.17, 15) is 0 Å². The topological polar surface area (TPSA) is 24.9 Å². The molecular formula is C18H27ClN2O2. The average molecular weight is 339 g/mol. The Hall–Kier alpha value is -1.39. The molecule has 1 aromatic carbocycles. The minimum atomic E-state index is 0.564. The molecule has 23 heavy (non-hydrogen) atoms. The second kappa shape index (κ2) is 7.93. The van der Waals surface area contributed by atoms with Crippen LogP contribution >= 0.6 is 11.6 Å². The predicted molar refractivity (Wildman–Crippen MR) is 96.5 cm³/mol. The van der Waals surface area contributed by atoms with Crippen molar-refractivity contribution in [3.8, 4) is 11.5 Å². The molecule has 0 spiro atoms. The fourth-order valence-electron chi connectivity index (χ4n) is 3.32. The first-order chi connectivity index (χ1) is 11.0. The third kappa shape index (κ3) is 3.75. The number of likely N-dealkylation sites (N-methyl/N-ethyl adjacent to an activating group) is 2.